The summed E-state index contributed by atoms with van der Waals surface area (Å²) in [5, 5.41) is 3.08. The highest BCUT2D eigenvalue weighted by molar-refractivity contribution is 6.09. The molecule has 4 aliphatic rings. The summed E-state index contributed by atoms with van der Waals surface area (Å²) in [4.78, 5) is 25.6. The summed E-state index contributed by atoms with van der Waals surface area (Å²) in [6.45, 7) is 7.73. The Bertz CT molecular complexity index is 1200. The molecule has 1 N–H and O–H groups in total. The minimum Gasteiger partial charge on any atom is -0.326 e. The molecule has 1 amide bonds. The number of carbonyl (C=O) groups excluding carboxylic acids is 2. The van der Waals surface area contributed by atoms with Crippen LogP contribution in [0, 0.1) is 46.3 Å². The van der Waals surface area contributed by atoms with Gasteiger partial charge in [0.25, 0.3) is 0 Å². The number of hydrogen-bond donors (Lipinski definition) is 1. The fourth-order valence-electron chi connectivity index (χ4n) is 10.5. The van der Waals surface area contributed by atoms with Crippen molar-refractivity contribution in [1.82, 2.24) is 0 Å². The number of anilines is 1. The van der Waals surface area contributed by atoms with Crippen LogP contribution in [0.4, 0.5) is 5.69 Å². The van der Waals surface area contributed by atoms with Gasteiger partial charge in [-0.3, -0.25) is 9.59 Å². The first-order chi connectivity index (χ1) is 19.3. The topological polar surface area (TPSA) is 46.2 Å². The van der Waals surface area contributed by atoms with E-state index in [-0.39, 0.29) is 11.7 Å². The van der Waals surface area contributed by atoms with Crippen LogP contribution in [0.3, 0.4) is 0 Å². The third kappa shape index (κ3) is 4.96. The van der Waals surface area contributed by atoms with Gasteiger partial charge in [-0.2, -0.15) is 0 Å². The Morgan fingerprint density at radius 3 is 2.30 bits per heavy atom. The minimum atomic E-state index is 0.00517. The molecular weight excluding hydrogens is 490 g/mol. The lowest BCUT2D eigenvalue weighted by Crippen LogP contribution is -2.53. The van der Waals surface area contributed by atoms with Gasteiger partial charge >= 0.3 is 0 Å². The Morgan fingerprint density at radius 2 is 1.52 bits per heavy atom. The zero-order valence-corrected chi connectivity index (χ0v) is 25.0. The molecular formula is C37H49NO2. The van der Waals surface area contributed by atoms with Gasteiger partial charge in [0, 0.05) is 23.2 Å². The van der Waals surface area contributed by atoms with Crippen LogP contribution in [0.2, 0.25) is 0 Å². The number of amides is 1. The summed E-state index contributed by atoms with van der Waals surface area (Å²) >= 11 is 0. The molecule has 4 saturated carbocycles. The van der Waals surface area contributed by atoms with Gasteiger partial charge < -0.3 is 5.32 Å². The van der Waals surface area contributed by atoms with Crippen molar-refractivity contribution in [2.75, 3.05) is 5.32 Å². The Morgan fingerprint density at radius 1 is 0.800 bits per heavy atom. The van der Waals surface area contributed by atoms with E-state index >= 15 is 0 Å². The summed E-state index contributed by atoms with van der Waals surface area (Å²) in [5.74, 6) is 5.18. The van der Waals surface area contributed by atoms with E-state index in [0.29, 0.717) is 34.3 Å². The number of nitrogens with one attached hydrogen (secondary N) is 1. The molecule has 0 radical (unpaired) electrons. The Labute approximate surface area is 241 Å². The monoisotopic (exact) mass is 539 g/mol. The third-order valence-electron chi connectivity index (χ3n) is 12.6. The Hall–Kier alpha value is -2.42. The van der Waals surface area contributed by atoms with Crippen LogP contribution in [0.1, 0.15) is 114 Å². The van der Waals surface area contributed by atoms with E-state index < -0.39 is 0 Å². The van der Waals surface area contributed by atoms with Gasteiger partial charge in [0.1, 0.15) is 0 Å². The van der Waals surface area contributed by atoms with Gasteiger partial charge in [-0.15, -0.1) is 0 Å². The van der Waals surface area contributed by atoms with E-state index in [2.05, 4.69) is 26.1 Å². The second-order valence-electron chi connectivity index (χ2n) is 14.5. The molecule has 2 aromatic rings. The molecule has 2 aromatic carbocycles. The standard InChI is InChI=1S/C37H49NO2/c1-25(12-21-34(39)38-29-16-13-27(14-17-29)35(40)26-9-5-4-6-10-26)31-19-20-32-30-18-15-28-11-7-8-23-36(28,2)33(30)22-24-37(31,32)3/h4-6,9-10,13-14,16-17,25,28,30-33H,7-8,11-12,15,18-24H2,1-3H3,(H,38,39)/t25-,28?,30+,31-,32+,33+,36+,37-/m1/s1. The van der Waals surface area contributed by atoms with Gasteiger partial charge in [0.15, 0.2) is 5.78 Å². The number of carbonyl (C=O) groups is 2. The normalized spacial score (nSPS) is 35.6. The van der Waals surface area contributed by atoms with Crippen molar-refractivity contribution >= 4 is 17.4 Å². The first kappa shape index (κ1) is 27.7. The second-order valence-corrected chi connectivity index (χ2v) is 14.5. The fourth-order valence-corrected chi connectivity index (χ4v) is 10.5. The zero-order chi connectivity index (χ0) is 27.9. The molecule has 8 atom stereocenters. The van der Waals surface area contributed by atoms with Crippen LogP contribution in [0.25, 0.3) is 0 Å². The van der Waals surface area contributed by atoms with E-state index in [0.717, 1.165) is 41.7 Å². The van der Waals surface area contributed by atoms with Crippen molar-refractivity contribution in [3.8, 4) is 0 Å². The van der Waals surface area contributed by atoms with Crippen molar-refractivity contribution in [1.29, 1.82) is 0 Å². The summed E-state index contributed by atoms with van der Waals surface area (Å²) in [6, 6.07) is 16.6. The van der Waals surface area contributed by atoms with Crippen molar-refractivity contribution in [3.05, 3.63) is 65.7 Å². The molecule has 0 aromatic heterocycles. The van der Waals surface area contributed by atoms with Crippen LogP contribution in [0.5, 0.6) is 0 Å². The Balaban J connectivity index is 1.03. The molecule has 0 aliphatic heterocycles. The number of ketones is 1. The summed E-state index contributed by atoms with van der Waals surface area (Å²) in [7, 11) is 0. The molecule has 3 nitrogen and oxygen atoms in total. The van der Waals surface area contributed by atoms with Crippen LogP contribution in [0.15, 0.2) is 54.6 Å². The number of fused-ring (bicyclic) bond motifs is 5. The maximum Gasteiger partial charge on any atom is 0.224 e. The van der Waals surface area contributed by atoms with Gasteiger partial charge in [0.2, 0.25) is 5.91 Å². The molecule has 3 heteroatoms. The smallest absolute Gasteiger partial charge is 0.224 e. The van der Waals surface area contributed by atoms with Crippen LogP contribution in [-0.4, -0.2) is 11.7 Å². The van der Waals surface area contributed by atoms with Crippen LogP contribution in [-0.2, 0) is 4.79 Å². The lowest BCUT2D eigenvalue weighted by Gasteiger charge is -2.61. The highest BCUT2D eigenvalue weighted by atomic mass is 16.1. The molecule has 214 valence electrons. The molecule has 0 spiro atoms. The molecule has 6 rings (SSSR count). The van der Waals surface area contributed by atoms with E-state index in [4.69, 9.17) is 0 Å². The molecule has 0 heterocycles. The van der Waals surface area contributed by atoms with Crippen molar-refractivity contribution < 1.29 is 9.59 Å². The highest BCUT2D eigenvalue weighted by Crippen LogP contribution is 2.68. The summed E-state index contributed by atoms with van der Waals surface area (Å²) in [6.07, 6.45) is 16.0. The van der Waals surface area contributed by atoms with E-state index in [1.54, 1.807) is 0 Å². The zero-order valence-electron chi connectivity index (χ0n) is 25.0. The first-order valence-electron chi connectivity index (χ1n) is 16.3. The predicted molar refractivity (Wildman–Crippen MR) is 163 cm³/mol. The van der Waals surface area contributed by atoms with Gasteiger partial charge in [-0.1, -0.05) is 63.9 Å². The van der Waals surface area contributed by atoms with E-state index in [1.165, 1.54) is 64.2 Å². The number of rotatable bonds is 7. The SMILES string of the molecule is C[C@H](CCC(=O)Nc1ccc(C(=O)c2ccccc2)cc1)[C@H]1CC[C@H]2[C@@H]3CCC4CCCC[C@]4(C)[C@H]3CC[C@]12C. The quantitative estimate of drug-likeness (QED) is 0.356. The maximum atomic E-state index is 12.9. The third-order valence-corrected chi connectivity index (χ3v) is 12.6. The van der Waals surface area contributed by atoms with Crippen molar-refractivity contribution in [3.63, 3.8) is 0 Å². The average Bonchev–Trinajstić information content (AvgIpc) is 3.33. The van der Waals surface area contributed by atoms with Crippen molar-refractivity contribution in [2.45, 2.75) is 97.8 Å². The molecule has 4 aliphatic carbocycles. The summed E-state index contributed by atoms with van der Waals surface area (Å²) < 4.78 is 0. The Kier molecular flexibility index (Phi) is 7.70. The lowest BCUT2D eigenvalue weighted by atomic mass is 9.44. The highest BCUT2D eigenvalue weighted by Gasteiger charge is 2.60. The molecule has 1 unspecified atom stereocenters. The first-order valence-corrected chi connectivity index (χ1v) is 16.3. The van der Waals surface area contributed by atoms with Gasteiger partial charge in [-0.05, 0) is 128 Å². The second kappa shape index (κ2) is 11.1. The molecule has 40 heavy (non-hydrogen) atoms. The largest absolute Gasteiger partial charge is 0.326 e. The van der Waals surface area contributed by atoms with E-state index in [9.17, 15) is 9.59 Å². The maximum absolute atomic E-state index is 12.9. The summed E-state index contributed by atoms with van der Waals surface area (Å²) in [5.41, 5.74) is 3.15. The average molecular weight is 540 g/mol. The van der Waals surface area contributed by atoms with Gasteiger partial charge in [0.05, 0.1) is 0 Å². The predicted octanol–water partition coefficient (Wildman–Crippen LogP) is 9.32. The lowest BCUT2D eigenvalue weighted by molar-refractivity contribution is -0.118. The number of hydrogen-bond acceptors (Lipinski definition) is 2. The van der Waals surface area contributed by atoms with Crippen molar-refractivity contribution in [2.24, 2.45) is 46.3 Å². The van der Waals surface area contributed by atoms with Gasteiger partial charge in [-0.25, -0.2) is 0 Å². The van der Waals surface area contributed by atoms with E-state index in [1.807, 2.05) is 54.6 Å². The van der Waals surface area contributed by atoms with Crippen LogP contribution < -0.4 is 5.32 Å². The molecule has 0 saturated heterocycles. The minimum absolute atomic E-state index is 0.00517. The fraction of sp³-hybridized carbons (Fsp3) is 0.622. The van der Waals surface area contributed by atoms with Crippen LogP contribution >= 0.6 is 0 Å². The molecule has 4 fully saturated rings. The molecule has 0 bridgehead atoms. The number of benzene rings is 2.